The van der Waals surface area contributed by atoms with Crippen molar-refractivity contribution in [3.05, 3.63) is 11.6 Å². The van der Waals surface area contributed by atoms with Crippen LogP contribution in [0.5, 0.6) is 0 Å². The summed E-state index contributed by atoms with van der Waals surface area (Å²) in [7, 11) is 0. The average Bonchev–Trinajstić information content (AvgIpc) is 3.08. The lowest BCUT2D eigenvalue weighted by Crippen LogP contribution is -2.53. The highest BCUT2D eigenvalue weighted by atomic mass is 16.3. The van der Waals surface area contributed by atoms with Crippen molar-refractivity contribution >= 4 is 6.29 Å². The van der Waals surface area contributed by atoms with Gasteiger partial charge in [-0.3, -0.25) is 0 Å². The first-order valence-electron chi connectivity index (χ1n) is 12.7. The van der Waals surface area contributed by atoms with Gasteiger partial charge in [0.2, 0.25) is 0 Å². The predicted molar refractivity (Wildman–Crippen MR) is 121 cm³/mol. The summed E-state index contributed by atoms with van der Waals surface area (Å²) in [6.45, 7) is 9.49. The number of rotatable bonds is 6. The summed E-state index contributed by atoms with van der Waals surface area (Å²) in [5, 5.41) is 20.9. The zero-order valence-corrected chi connectivity index (χ0v) is 19.6. The Kier molecular flexibility index (Phi) is 6.27. The molecule has 3 nitrogen and oxygen atoms in total. The molecule has 2 N–H and O–H groups in total. The van der Waals surface area contributed by atoms with Crippen LogP contribution >= 0.6 is 0 Å². The van der Waals surface area contributed by atoms with Gasteiger partial charge in [-0.05, 0) is 97.4 Å². The molecule has 3 saturated carbocycles. The molecule has 0 bridgehead atoms. The van der Waals surface area contributed by atoms with Crippen LogP contribution < -0.4 is 0 Å². The van der Waals surface area contributed by atoms with Gasteiger partial charge in [0.15, 0.2) is 0 Å². The molecule has 3 heteroatoms. The number of aliphatic hydroxyl groups excluding tert-OH is 2. The van der Waals surface area contributed by atoms with Crippen LogP contribution in [0.2, 0.25) is 0 Å². The Bertz CT molecular complexity index is 671. The SMILES string of the molecule is C[C@H](CCC[C@@H](C)C=O)[C@H]1CC[C@H]2[C@@H]3CC=C4[C@@H](O)[C@@H](O)CC[C@]4(C)[C@H]3CC[C@]12C. The molecule has 0 radical (unpaired) electrons. The zero-order chi connectivity index (χ0) is 21.7. The monoisotopic (exact) mass is 416 g/mol. The van der Waals surface area contributed by atoms with E-state index in [1.807, 2.05) is 6.92 Å². The molecule has 3 fully saturated rings. The average molecular weight is 417 g/mol. The molecule has 0 aromatic rings. The number of hydrogen-bond acceptors (Lipinski definition) is 3. The van der Waals surface area contributed by atoms with Crippen LogP contribution in [0.4, 0.5) is 0 Å². The summed E-state index contributed by atoms with van der Waals surface area (Å²) in [6.07, 6.45) is 13.9. The molecule has 30 heavy (non-hydrogen) atoms. The lowest BCUT2D eigenvalue weighted by Gasteiger charge is -2.59. The standard InChI is InChI=1S/C27H44O3/c1-17(16-28)6-5-7-18(2)20-10-11-21-19-8-9-23-25(30)24(29)13-15-27(23,4)22(19)12-14-26(20,21)3/h9,16-22,24-25,29-30H,5-8,10-15H2,1-4H3/t17-,18-,19+,20-,21+,22+,24+,25-,26-,27-/m1/s1. The van der Waals surface area contributed by atoms with E-state index in [4.69, 9.17) is 0 Å². The molecule has 10 atom stereocenters. The third-order valence-corrected chi connectivity index (χ3v) is 10.5. The van der Waals surface area contributed by atoms with E-state index in [2.05, 4.69) is 26.8 Å². The minimum absolute atomic E-state index is 0.0809. The van der Waals surface area contributed by atoms with Crippen molar-refractivity contribution in [2.75, 3.05) is 0 Å². The number of fused-ring (bicyclic) bond motifs is 5. The van der Waals surface area contributed by atoms with Gasteiger partial charge in [-0.2, -0.15) is 0 Å². The van der Waals surface area contributed by atoms with Crippen molar-refractivity contribution in [1.29, 1.82) is 0 Å². The molecular formula is C27H44O3. The number of aliphatic hydroxyl groups is 2. The van der Waals surface area contributed by atoms with Gasteiger partial charge >= 0.3 is 0 Å². The Hall–Kier alpha value is -0.670. The lowest BCUT2D eigenvalue weighted by molar-refractivity contribution is -0.110. The number of carbonyl (C=O) groups excluding carboxylic acids is 1. The number of hydrogen-bond donors (Lipinski definition) is 2. The van der Waals surface area contributed by atoms with Crippen molar-refractivity contribution < 1.29 is 15.0 Å². The van der Waals surface area contributed by atoms with Crippen molar-refractivity contribution in [1.82, 2.24) is 0 Å². The Labute approximate surface area is 183 Å². The fourth-order valence-electron chi connectivity index (χ4n) is 8.73. The first-order valence-corrected chi connectivity index (χ1v) is 12.7. The molecule has 0 heterocycles. The molecule has 0 aromatic carbocycles. The zero-order valence-electron chi connectivity index (χ0n) is 19.6. The van der Waals surface area contributed by atoms with Gasteiger partial charge in [0.05, 0.1) is 6.10 Å². The van der Waals surface area contributed by atoms with Gasteiger partial charge in [-0.1, -0.05) is 46.6 Å². The van der Waals surface area contributed by atoms with E-state index in [9.17, 15) is 15.0 Å². The van der Waals surface area contributed by atoms with Crippen LogP contribution in [0.3, 0.4) is 0 Å². The van der Waals surface area contributed by atoms with Gasteiger partial charge in [-0.15, -0.1) is 0 Å². The summed E-state index contributed by atoms with van der Waals surface area (Å²) < 4.78 is 0. The van der Waals surface area contributed by atoms with Gasteiger partial charge < -0.3 is 15.0 Å². The van der Waals surface area contributed by atoms with Crippen LogP contribution in [0.25, 0.3) is 0 Å². The van der Waals surface area contributed by atoms with Crippen molar-refractivity contribution in [3.8, 4) is 0 Å². The highest BCUT2D eigenvalue weighted by Crippen LogP contribution is 2.67. The van der Waals surface area contributed by atoms with Crippen LogP contribution in [-0.4, -0.2) is 28.7 Å². The van der Waals surface area contributed by atoms with E-state index in [0.717, 1.165) is 61.2 Å². The minimum atomic E-state index is -0.650. The molecule has 0 aliphatic heterocycles. The van der Waals surface area contributed by atoms with E-state index in [0.29, 0.717) is 11.3 Å². The van der Waals surface area contributed by atoms with Crippen LogP contribution in [0.1, 0.15) is 91.9 Å². The first kappa shape index (κ1) is 22.5. The van der Waals surface area contributed by atoms with Crippen molar-refractivity contribution in [2.24, 2.45) is 46.3 Å². The summed E-state index contributed by atoms with van der Waals surface area (Å²) >= 11 is 0. The second-order valence-corrected chi connectivity index (χ2v) is 12.0. The van der Waals surface area contributed by atoms with Gasteiger partial charge in [0.1, 0.15) is 12.4 Å². The van der Waals surface area contributed by atoms with Crippen LogP contribution in [-0.2, 0) is 4.79 Å². The van der Waals surface area contributed by atoms with Crippen LogP contribution in [0, 0.1) is 46.3 Å². The fourth-order valence-corrected chi connectivity index (χ4v) is 8.73. The topological polar surface area (TPSA) is 57.5 Å². The Balaban J connectivity index is 1.48. The Morgan fingerprint density at radius 3 is 2.57 bits per heavy atom. The van der Waals surface area contributed by atoms with E-state index in [1.54, 1.807) is 0 Å². The van der Waals surface area contributed by atoms with Crippen molar-refractivity contribution in [2.45, 2.75) is 104 Å². The van der Waals surface area contributed by atoms with E-state index in [1.165, 1.54) is 38.5 Å². The smallest absolute Gasteiger partial charge is 0.122 e. The van der Waals surface area contributed by atoms with Gasteiger partial charge in [0.25, 0.3) is 0 Å². The summed E-state index contributed by atoms with van der Waals surface area (Å²) in [5.74, 6) is 3.97. The maximum Gasteiger partial charge on any atom is 0.122 e. The number of carbonyl (C=O) groups is 1. The fraction of sp³-hybridized carbons (Fsp3) is 0.889. The largest absolute Gasteiger partial charge is 0.390 e. The predicted octanol–water partition coefficient (Wildman–Crippen LogP) is 5.54. The lowest BCUT2D eigenvalue weighted by atomic mass is 9.46. The molecule has 170 valence electrons. The molecule has 0 spiro atoms. The minimum Gasteiger partial charge on any atom is -0.390 e. The number of allylic oxidation sites excluding steroid dienone is 1. The molecule has 4 rings (SSSR count). The van der Waals surface area contributed by atoms with E-state index in [-0.39, 0.29) is 11.3 Å². The molecular weight excluding hydrogens is 372 g/mol. The quantitative estimate of drug-likeness (QED) is 0.441. The maximum absolute atomic E-state index is 10.9. The molecule has 0 amide bonds. The summed E-state index contributed by atoms with van der Waals surface area (Å²) in [4.78, 5) is 10.9. The molecule has 0 aromatic heterocycles. The molecule has 4 aliphatic carbocycles. The van der Waals surface area contributed by atoms with Gasteiger partial charge in [0, 0.05) is 5.92 Å². The van der Waals surface area contributed by atoms with E-state index < -0.39 is 12.2 Å². The Morgan fingerprint density at radius 2 is 1.83 bits per heavy atom. The normalized spacial score (nSPS) is 47.5. The highest BCUT2D eigenvalue weighted by molar-refractivity contribution is 5.52. The van der Waals surface area contributed by atoms with Gasteiger partial charge in [-0.25, -0.2) is 0 Å². The highest BCUT2D eigenvalue weighted by Gasteiger charge is 2.60. The number of aldehydes is 1. The van der Waals surface area contributed by atoms with E-state index >= 15 is 0 Å². The molecule has 0 unspecified atom stereocenters. The summed E-state index contributed by atoms with van der Waals surface area (Å²) in [6, 6.07) is 0. The third-order valence-electron chi connectivity index (χ3n) is 10.5. The second-order valence-electron chi connectivity index (χ2n) is 12.0. The summed E-state index contributed by atoms with van der Waals surface area (Å²) in [5.41, 5.74) is 1.68. The molecule has 4 aliphatic rings. The first-order chi connectivity index (χ1) is 14.2. The second kappa shape index (κ2) is 8.35. The Morgan fingerprint density at radius 1 is 1.07 bits per heavy atom. The maximum atomic E-state index is 10.9. The third kappa shape index (κ3) is 3.52. The van der Waals surface area contributed by atoms with Crippen LogP contribution in [0.15, 0.2) is 11.6 Å². The molecule has 0 saturated heterocycles. The van der Waals surface area contributed by atoms with Crippen molar-refractivity contribution in [3.63, 3.8) is 0 Å².